The molecule has 0 bridgehead atoms. The van der Waals surface area contributed by atoms with Gasteiger partial charge in [0.2, 0.25) is 0 Å². The van der Waals surface area contributed by atoms with Crippen molar-refractivity contribution in [3.05, 3.63) is 35.4 Å². The Balaban J connectivity index is 1.98. The summed E-state index contributed by atoms with van der Waals surface area (Å²) in [4.78, 5) is 11.6. The number of benzene rings is 1. The molecule has 2 atom stereocenters. The number of hydrogen-bond acceptors (Lipinski definition) is 2. The van der Waals surface area contributed by atoms with Gasteiger partial charge in [-0.25, -0.2) is 13.6 Å². The summed E-state index contributed by atoms with van der Waals surface area (Å²) in [6.45, 7) is 3.17. The molecule has 116 valence electrons. The molecule has 1 saturated carbocycles. The molecule has 0 aliphatic heterocycles. The lowest BCUT2D eigenvalue weighted by molar-refractivity contribution is 0.195. The quantitative estimate of drug-likeness (QED) is 0.791. The summed E-state index contributed by atoms with van der Waals surface area (Å²) in [6.07, 6.45) is 0.772. The number of carbonyl (C=O) groups excluding carboxylic acids is 1. The van der Waals surface area contributed by atoms with Crippen LogP contribution in [0.15, 0.2) is 18.2 Å². The van der Waals surface area contributed by atoms with Crippen LogP contribution in [0.4, 0.5) is 13.6 Å². The lowest BCUT2D eigenvalue weighted by atomic mass is 9.93. The van der Waals surface area contributed by atoms with Crippen LogP contribution in [0.1, 0.15) is 18.9 Å². The number of rotatable bonds is 6. The SMILES string of the molecule is COCCNC(=O)NCC1(c2ccc(F)cc2F)CC1C. The topological polar surface area (TPSA) is 50.4 Å². The van der Waals surface area contributed by atoms with Crippen molar-refractivity contribution < 1.29 is 18.3 Å². The Morgan fingerprint density at radius 2 is 2.14 bits per heavy atom. The van der Waals surface area contributed by atoms with Crippen molar-refractivity contribution in [2.24, 2.45) is 5.92 Å². The predicted molar refractivity (Wildman–Crippen MR) is 75.1 cm³/mol. The molecule has 0 aromatic heterocycles. The fraction of sp³-hybridized carbons (Fsp3) is 0.533. The average molecular weight is 298 g/mol. The van der Waals surface area contributed by atoms with Gasteiger partial charge in [-0.15, -0.1) is 0 Å². The van der Waals surface area contributed by atoms with Crippen LogP contribution >= 0.6 is 0 Å². The Bertz CT molecular complexity index is 524. The first kappa shape index (κ1) is 15.7. The van der Waals surface area contributed by atoms with E-state index in [0.29, 0.717) is 25.3 Å². The van der Waals surface area contributed by atoms with E-state index in [-0.39, 0.29) is 11.9 Å². The number of ether oxygens (including phenoxy) is 1. The Hall–Kier alpha value is -1.69. The van der Waals surface area contributed by atoms with Gasteiger partial charge in [0.05, 0.1) is 6.61 Å². The van der Waals surface area contributed by atoms with Crippen LogP contribution in [0.2, 0.25) is 0 Å². The van der Waals surface area contributed by atoms with Crippen molar-refractivity contribution in [1.29, 1.82) is 0 Å². The Kier molecular flexibility index (Phi) is 4.77. The van der Waals surface area contributed by atoms with Gasteiger partial charge in [0.1, 0.15) is 11.6 Å². The van der Waals surface area contributed by atoms with Gasteiger partial charge in [-0.05, 0) is 24.0 Å². The molecule has 1 aliphatic carbocycles. The summed E-state index contributed by atoms with van der Waals surface area (Å²) in [5.74, 6) is -0.900. The maximum atomic E-state index is 13.9. The van der Waals surface area contributed by atoms with Crippen LogP contribution < -0.4 is 10.6 Å². The third-order valence-electron chi connectivity index (χ3n) is 4.08. The average Bonchev–Trinajstić information content (AvgIpc) is 3.08. The van der Waals surface area contributed by atoms with Crippen molar-refractivity contribution in [2.45, 2.75) is 18.8 Å². The monoisotopic (exact) mass is 298 g/mol. The number of amides is 2. The minimum absolute atomic E-state index is 0.247. The third-order valence-corrected chi connectivity index (χ3v) is 4.08. The summed E-state index contributed by atoms with van der Waals surface area (Å²) in [5, 5.41) is 5.39. The van der Waals surface area contributed by atoms with E-state index in [9.17, 15) is 13.6 Å². The van der Waals surface area contributed by atoms with Gasteiger partial charge in [-0.3, -0.25) is 0 Å². The van der Waals surface area contributed by atoms with Gasteiger partial charge in [0.25, 0.3) is 0 Å². The van der Waals surface area contributed by atoms with Crippen LogP contribution in [0.5, 0.6) is 0 Å². The van der Waals surface area contributed by atoms with Gasteiger partial charge in [-0.2, -0.15) is 0 Å². The highest BCUT2D eigenvalue weighted by atomic mass is 19.1. The molecule has 0 spiro atoms. The second-order valence-corrected chi connectivity index (χ2v) is 5.49. The number of urea groups is 1. The van der Waals surface area contributed by atoms with E-state index in [0.717, 1.165) is 12.5 Å². The van der Waals surface area contributed by atoms with Gasteiger partial charge in [0, 0.05) is 31.7 Å². The van der Waals surface area contributed by atoms with Crippen molar-refractivity contribution in [1.82, 2.24) is 10.6 Å². The molecule has 0 saturated heterocycles. The fourth-order valence-electron chi connectivity index (χ4n) is 2.66. The third kappa shape index (κ3) is 3.50. The summed E-state index contributed by atoms with van der Waals surface area (Å²) in [7, 11) is 1.55. The molecule has 1 aromatic rings. The molecule has 4 nitrogen and oxygen atoms in total. The van der Waals surface area contributed by atoms with Crippen molar-refractivity contribution >= 4 is 6.03 Å². The van der Waals surface area contributed by atoms with Crippen LogP contribution in [-0.4, -0.2) is 32.8 Å². The van der Waals surface area contributed by atoms with E-state index < -0.39 is 17.0 Å². The number of carbonyl (C=O) groups is 1. The first-order valence-electron chi connectivity index (χ1n) is 6.96. The Morgan fingerprint density at radius 1 is 1.43 bits per heavy atom. The normalized spacial score (nSPS) is 23.7. The molecule has 1 aliphatic rings. The molecule has 1 aromatic carbocycles. The summed E-state index contributed by atoms with van der Waals surface area (Å²) < 4.78 is 31.8. The van der Waals surface area contributed by atoms with Crippen LogP contribution in [0.3, 0.4) is 0 Å². The van der Waals surface area contributed by atoms with Crippen molar-refractivity contribution in [3.8, 4) is 0 Å². The molecular formula is C15H20F2N2O2. The highest BCUT2D eigenvalue weighted by Crippen LogP contribution is 2.54. The number of hydrogen-bond donors (Lipinski definition) is 2. The highest BCUT2D eigenvalue weighted by Gasteiger charge is 2.53. The second-order valence-electron chi connectivity index (χ2n) is 5.49. The number of halogens is 2. The number of nitrogens with one attached hydrogen (secondary N) is 2. The molecule has 2 rings (SSSR count). The largest absolute Gasteiger partial charge is 0.383 e. The second kappa shape index (κ2) is 6.39. The standard InChI is InChI=1S/C15H20F2N2O2/c1-10-8-15(10,9-19-14(20)18-5-6-21-2)12-4-3-11(16)7-13(12)17/h3-4,7,10H,5-6,8-9H2,1-2H3,(H2,18,19,20). The zero-order chi connectivity index (χ0) is 15.5. The summed E-state index contributed by atoms with van der Waals surface area (Å²) in [5.41, 5.74) is 0.0321. The molecule has 0 heterocycles. The molecule has 1 fully saturated rings. The lowest BCUT2D eigenvalue weighted by Crippen LogP contribution is -2.41. The first-order chi connectivity index (χ1) is 9.99. The number of methoxy groups -OCH3 is 1. The van der Waals surface area contributed by atoms with Crippen LogP contribution in [0, 0.1) is 17.6 Å². The van der Waals surface area contributed by atoms with Crippen molar-refractivity contribution in [3.63, 3.8) is 0 Å². The van der Waals surface area contributed by atoms with E-state index in [1.165, 1.54) is 12.1 Å². The predicted octanol–water partition coefficient (Wildman–Crippen LogP) is 2.19. The lowest BCUT2D eigenvalue weighted by Gasteiger charge is -2.19. The van der Waals surface area contributed by atoms with E-state index >= 15 is 0 Å². The minimum Gasteiger partial charge on any atom is -0.383 e. The smallest absolute Gasteiger partial charge is 0.314 e. The zero-order valence-corrected chi connectivity index (χ0v) is 12.2. The maximum Gasteiger partial charge on any atom is 0.314 e. The van der Waals surface area contributed by atoms with Gasteiger partial charge in [-0.1, -0.05) is 13.0 Å². The van der Waals surface area contributed by atoms with E-state index in [2.05, 4.69) is 10.6 Å². The van der Waals surface area contributed by atoms with E-state index in [1.54, 1.807) is 7.11 Å². The summed E-state index contributed by atoms with van der Waals surface area (Å²) in [6, 6.07) is 3.30. The fourth-order valence-corrected chi connectivity index (χ4v) is 2.66. The molecule has 0 radical (unpaired) electrons. The molecular weight excluding hydrogens is 278 g/mol. The van der Waals surface area contributed by atoms with Gasteiger partial charge in [0.15, 0.2) is 0 Å². The summed E-state index contributed by atoms with van der Waals surface area (Å²) >= 11 is 0. The zero-order valence-electron chi connectivity index (χ0n) is 12.2. The molecule has 21 heavy (non-hydrogen) atoms. The van der Waals surface area contributed by atoms with E-state index in [1.807, 2.05) is 6.92 Å². The Labute approximate surface area is 122 Å². The minimum atomic E-state index is -0.593. The van der Waals surface area contributed by atoms with Crippen LogP contribution in [0.25, 0.3) is 0 Å². The highest BCUT2D eigenvalue weighted by molar-refractivity contribution is 5.74. The van der Waals surface area contributed by atoms with Gasteiger partial charge >= 0.3 is 6.03 Å². The van der Waals surface area contributed by atoms with Crippen LogP contribution in [-0.2, 0) is 10.2 Å². The maximum absolute atomic E-state index is 13.9. The first-order valence-corrected chi connectivity index (χ1v) is 6.96. The Morgan fingerprint density at radius 3 is 2.71 bits per heavy atom. The molecule has 6 heteroatoms. The molecule has 2 N–H and O–H groups in total. The molecule has 2 unspecified atom stereocenters. The van der Waals surface area contributed by atoms with Gasteiger partial charge < -0.3 is 15.4 Å². The van der Waals surface area contributed by atoms with Crippen molar-refractivity contribution in [2.75, 3.05) is 26.8 Å². The molecule has 2 amide bonds. The van der Waals surface area contributed by atoms with E-state index in [4.69, 9.17) is 4.74 Å².